The van der Waals surface area contributed by atoms with Gasteiger partial charge in [-0.05, 0) is 55.5 Å². The summed E-state index contributed by atoms with van der Waals surface area (Å²) in [5.74, 6) is -0.552. The summed E-state index contributed by atoms with van der Waals surface area (Å²) in [5.41, 5.74) is 1.71. The van der Waals surface area contributed by atoms with Crippen molar-refractivity contribution in [3.05, 3.63) is 59.9 Å². The number of carbonyl (C=O) groups is 3. The molecule has 3 rings (SSSR count). The quantitative estimate of drug-likeness (QED) is 0.828. The molecule has 0 aromatic heterocycles. The molecule has 0 aliphatic carbocycles. The molecule has 0 radical (unpaired) electrons. The van der Waals surface area contributed by atoms with Gasteiger partial charge in [0.25, 0.3) is 0 Å². The van der Waals surface area contributed by atoms with Crippen molar-refractivity contribution in [3.8, 4) is 0 Å². The van der Waals surface area contributed by atoms with Crippen LogP contribution in [-0.4, -0.2) is 30.3 Å². The Hall–Kier alpha value is -3.22. The van der Waals surface area contributed by atoms with Crippen LogP contribution in [0.5, 0.6) is 0 Å². The van der Waals surface area contributed by atoms with E-state index in [0.717, 1.165) is 0 Å². The summed E-state index contributed by atoms with van der Waals surface area (Å²) in [6.07, 6.45) is 0.175. The van der Waals surface area contributed by atoms with Crippen molar-refractivity contribution in [2.45, 2.75) is 19.4 Å². The van der Waals surface area contributed by atoms with Gasteiger partial charge in [-0.25, -0.2) is 9.18 Å². The standard InChI is InChI=1S/C19H18FN3O3/c1-12(24)13-2-6-15(7-3-13)21-19(26)22-16-10-18(25)23(11-16)17-8-4-14(20)5-9-17/h2-9,16H,10-11H2,1H3,(H2,21,22,26)/t16-/m1/s1. The monoisotopic (exact) mass is 355 g/mol. The molecular formula is C19H18FN3O3. The summed E-state index contributed by atoms with van der Waals surface area (Å²) in [5, 5.41) is 5.42. The van der Waals surface area contributed by atoms with E-state index in [0.29, 0.717) is 23.5 Å². The molecule has 2 aromatic rings. The van der Waals surface area contributed by atoms with Gasteiger partial charge >= 0.3 is 6.03 Å². The van der Waals surface area contributed by atoms with E-state index < -0.39 is 6.03 Å². The zero-order chi connectivity index (χ0) is 18.7. The van der Waals surface area contributed by atoms with Crippen LogP contribution in [0.4, 0.5) is 20.6 Å². The van der Waals surface area contributed by atoms with Crippen LogP contribution in [0.2, 0.25) is 0 Å². The second-order valence-electron chi connectivity index (χ2n) is 6.11. The number of hydrogen-bond donors (Lipinski definition) is 2. The lowest BCUT2D eigenvalue weighted by atomic mass is 10.1. The second-order valence-corrected chi connectivity index (χ2v) is 6.11. The first-order chi connectivity index (χ1) is 12.4. The van der Waals surface area contributed by atoms with Crippen LogP contribution in [0, 0.1) is 5.82 Å². The van der Waals surface area contributed by atoms with Crippen molar-refractivity contribution in [1.82, 2.24) is 5.32 Å². The van der Waals surface area contributed by atoms with Crippen molar-refractivity contribution in [2.75, 3.05) is 16.8 Å². The molecule has 0 unspecified atom stereocenters. The van der Waals surface area contributed by atoms with Gasteiger partial charge in [0.15, 0.2) is 5.78 Å². The highest BCUT2D eigenvalue weighted by Crippen LogP contribution is 2.22. The molecule has 134 valence electrons. The molecule has 1 heterocycles. The van der Waals surface area contributed by atoms with Gasteiger partial charge in [-0.15, -0.1) is 0 Å². The lowest BCUT2D eigenvalue weighted by molar-refractivity contribution is -0.117. The molecule has 2 aromatic carbocycles. The van der Waals surface area contributed by atoms with Crippen molar-refractivity contribution >= 4 is 29.1 Å². The number of benzene rings is 2. The minimum absolute atomic E-state index is 0.0497. The fraction of sp³-hybridized carbons (Fsp3) is 0.211. The van der Waals surface area contributed by atoms with Crippen LogP contribution in [0.15, 0.2) is 48.5 Å². The lowest BCUT2D eigenvalue weighted by Crippen LogP contribution is -2.39. The number of nitrogens with zero attached hydrogens (tertiary/aromatic N) is 1. The minimum Gasteiger partial charge on any atom is -0.333 e. The Bertz CT molecular complexity index is 834. The lowest BCUT2D eigenvalue weighted by Gasteiger charge is -2.17. The maximum atomic E-state index is 13.0. The molecule has 0 spiro atoms. The van der Waals surface area contributed by atoms with Crippen LogP contribution in [0.1, 0.15) is 23.7 Å². The Balaban J connectivity index is 1.57. The molecule has 26 heavy (non-hydrogen) atoms. The van der Waals surface area contributed by atoms with Gasteiger partial charge in [-0.2, -0.15) is 0 Å². The summed E-state index contributed by atoms with van der Waals surface area (Å²) < 4.78 is 13.0. The Labute approximate surface area is 150 Å². The maximum Gasteiger partial charge on any atom is 0.319 e. The molecule has 1 saturated heterocycles. The highest BCUT2D eigenvalue weighted by atomic mass is 19.1. The van der Waals surface area contributed by atoms with Gasteiger partial charge in [-0.3, -0.25) is 9.59 Å². The highest BCUT2D eigenvalue weighted by Gasteiger charge is 2.31. The Kier molecular flexibility index (Phi) is 4.97. The normalized spacial score (nSPS) is 16.5. The molecule has 1 atom stereocenters. The average Bonchev–Trinajstić information content (AvgIpc) is 2.96. The van der Waals surface area contributed by atoms with E-state index in [4.69, 9.17) is 0 Å². The molecule has 1 fully saturated rings. The number of urea groups is 1. The van der Waals surface area contributed by atoms with E-state index in [1.165, 1.54) is 36.1 Å². The molecule has 7 heteroatoms. The topological polar surface area (TPSA) is 78.5 Å². The Morgan fingerprint density at radius 1 is 1.08 bits per heavy atom. The minimum atomic E-state index is -0.431. The summed E-state index contributed by atoms with van der Waals surface area (Å²) in [7, 11) is 0. The van der Waals surface area contributed by atoms with Crippen molar-refractivity contribution in [2.24, 2.45) is 0 Å². The van der Waals surface area contributed by atoms with Crippen molar-refractivity contribution in [3.63, 3.8) is 0 Å². The number of Topliss-reactive ketones (excluding diaryl/α,β-unsaturated/α-hetero) is 1. The maximum absolute atomic E-state index is 13.0. The average molecular weight is 355 g/mol. The predicted molar refractivity (Wildman–Crippen MR) is 95.8 cm³/mol. The first kappa shape index (κ1) is 17.6. The first-order valence-corrected chi connectivity index (χ1v) is 8.17. The smallest absolute Gasteiger partial charge is 0.319 e. The number of hydrogen-bond acceptors (Lipinski definition) is 3. The van der Waals surface area contributed by atoms with Gasteiger partial charge < -0.3 is 15.5 Å². The highest BCUT2D eigenvalue weighted by molar-refractivity contribution is 5.98. The first-order valence-electron chi connectivity index (χ1n) is 8.17. The molecule has 6 nitrogen and oxygen atoms in total. The largest absolute Gasteiger partial charge is 0.333 e. The Morgan fingerprint density at radius 2 is 1.73 bits per heavy atom. The number of ketones is 1. The van der Waals surface area contributed by atoms with Gasteiger partial charge in [0.05, 0.1) is 6.04 Å². The molecule has 0 saturated carbocycles. The third-order valence-corrected chi connectivity index (χ3v) is 4.15. The van der Waals surface area contributed by atoms with Gasteiger partial charge in [0.2, 0.25) is 5.91 Å². The molecule has 0 bridgehead atoms. The number of rotatable bonds is 4. The van der Waals surface area contributed by atoms with Gasteiger partial charge in [0, 0.05) is 29.9 Å². The summed E-state index contributed by atoms with van der Waals surface area (Å²) in [4.78, 5) is 37.0. The van der Waals surface area contributed by atoms with E-state index >= 15 is 0 Å². The Morgan fingerprint density at radius 3 is 2.35 bits per heavy atom. The van der Waals surface area contributed by atoms with E-state index in [1.54, 1.807) is 24.3 Å². The van der Waals surface area contributed by atoms with Crippen LogP contribution in [0.25, 0.3) is 0 Å². The molecule has 3 amide bonds. The zero-order valence-electron chi connectivity index (χ0n) is 14.2. The predicted octanol–water partition coefficient (Wildman–Crippen LogP) is 2.96. The number of carbonyl (C=O) groups excluding carboxylic acids is 3. The van der Waals surface area contributed by atoms with Crippen LogP contribution in [0.3, 0.4) is 0 Å². The SMILES string of the molecule is CC(=O)c1ccc(NC(=O)N[C@@H]2CC(=O)N(c3ccc(F)cc3)C2)cc1. The van der Waals surface area contributed by atoms with Gasteiger partial charge in [0.1, 0.15) is 5.82 Å². The fourth-order valence-corrected chi connectivity index (χ4v) is 2.82. The third kappa shape index (κ3) is 4.05. The van der Waals surface area contributed by atoms with E-state index in [1.807, 2.05) is 0 Å². The van der Waals surface area contributed by atoms with E-state index in [-0.39, 0.29) is 30.0 Å². The number of amides is 3. The molecule has 1 aliphatic rings. The van der Waals surface area contributed by atoms with Crippen LogP contribution >= 0.6 is 0 Å². The number of halogens is 1. The zero-order valence-corrected chi connectivity index (χ0v) is 14.2. The van der Waals surface area contributed by atoms with Crippen LogP contribution in [-0.2, 0) is 4.79 Å². The molecule has 1 aliphatic heterocycles. The van der Waals surface area contributed by atoms with Crippen LogP contribution < -0.4 is 15.5 Å². The summed E-state index contributed by atoms with van der Waals surface area (Å²) in [6.45, 7) is 1.79. The molecule has 2 N–H and O–H groups in total. The third-order valence-electron chi connectivity index (χ3n) is 4.15. The number of nitrogens with one attached hydrogen (secondary N) is 2. The summed E-state index contributed by atoms with van der Waals surface area (Å²) in [6, 6.07) is 11.4. The fourth-order valence-electron chi connectivity index (χ4n) is 2.82. The second kappa shape index (κ2) is 7.35. The summed E-state index contributed by atoms with van der Waals surface area (Å²) >= 11 is 0. The van der Waals surface area contributed by atoms with Crippen molar-refractivity contribution in [1.29, 1.82) is 0 Å². The van der Waals surface area contributed by atoms with E-state index in [9.17, 15) is 18.8 Å². The van der Waals surface area contributed by atoms with Crippen molar-refractivity contribution < 1.29 is 18.8 Å². The number of anilines is 2. The van der Waals surface area contributed by atoms with Gasteiger partial charge in [-0.1, -0.05) is 0 Å². The van der Waals surface area contributed by atoms with E-state index in [2.05, 4.69) is 10.6 Å². The molecular weight excluding hydrogens is 337 g/mol.